The highest BCUT2D eigenvalue weighted by Crippen LogP contribution is 2.35. The van der Waals surface area contributed by atoms with Gasteiger partial charge in [0, 0.05) is 23.7 Å². The lowest BCUT2D eigenvalue weighted by atomic mass is 9.99. The standard InChI is InChI=1S/C18H22N2O3.ClH/c1-22-16-4-2-3-11-7-12(10-23-17(11)16)18(21)20-15-8-13-5-6-14(9-15)19-13;/h2-4,7,13-15,19H,5-6,8-10H2,1H3,(H,20,21);1H. The van der Waals surface area contributed by atoms with Crippen LogP contribution in [0.5, 0.6) is 11.5 Å². The van der Waals surface area contributed by atoms with E-state index in [9.17, 15) is 4.79 Å². The fourth-order valence-electron chi connectivity index (χ4n) is 3.93. The molecule has 2 fully saturated rings. The zero-order valence-electron chi connectivity index (χ0n) is 13.7. The normalized spacial score (nSPS) is 27.2. The smallest absolute Gasteiger partial charge is 0.250 e. The number of nitrogens with one attached hydrogen (secondary N) is 2. The lowest BCUT2D eigenvalue weighted by molar-refractivity contribution is -0.118. The Labute approximate surface area is 148 Å². The van der Waals surface area contributed by atoms with E-state index >= 15 is 0 Å². The molecule has 1 amide bonds. The molecule has 0 aliphatic carbocycles. The lowest BCUT2D eigenvalue weighted by Crippen LogP contribution is -2.48. The Bertz CT molecular complexity index is 650. The van der Waals surface area contributed by atoms with Gasteiger partial charge < -0.3 is 20.1 Å². The molecule has 2 unspecified atom stereocenters. The van der Waals surface area contributed by atoms with Gasteiger partial charge in [-0.3, -0.25) is 4.79 Å². The molecule has 1 aromatic rings. The number of amides is 1. The molecule has 1 aromatic carbocycles. The van der Waals surface area contributed by atoms with E-state index in [0.717, 1.165) is 18.4 Å². The minimum Gasteiger partial charge on any atom is -0.493 e. The first-order valence-electron chi connectivity index (χ1n) is 8.30. The number of carbonyl (C=O) groups excluding carboxylic acids is 1. The maximum atomic E-state index is 12.6. The van der Waals surface area contributed by atoms with Gasteiger partial charge in [-0.25, -0.2) is 0 Å². The molecule has 130 valence electrons. The Balaban J connectivity index is 0.00000169. The molecular weight excluding hydrogens is 328 g/mol. The number of halogens is 1. The fourth-order valence-corrected chi connectivity index (χ4v) is 3.93. The average molecular weight is 351 g/mol. The van der Waals surface area contributed by atoms with Crippen LogP contribution < -0.4 is 20.1 Å². The summed E-state index contributed by atoms with van der Waals surface area (Å²) in [6, 6.07) is 7.12. The van der Waals surface area contributed by atoms with E-state index in [1.54, 1.807) is 7.11 Å². The van der Waals surface area contributed by atoms with Crippen LogP contribution in [-0.4, -0.2) is 37.7 Å². The third kappa shape index (κ3) is 3.23. The van der Waals surface area contributed by atoms with Gasteiger partial charge in [-0.2, -0.15) is 0 Å². The van der Waals surface area contributed by atoms with Crippen LogP contribution in [0.1, 0.15) is 31.2 Å². The van der Waals surface area contributed by atoms with Crippen molar-refractivity contribution >= 4 is 24.4 Å². The van der Waals surface area contributed by atoms with Crippen molar-refractivity contribution in [1.29, 1.82) is 0 Å². The van der Waals surface area contributed by atoms with Gasteiger partial charge in [0.25, 0.3) is 5.91 Å². The van der Waals surface area contributed by atoms with Crippen LogP contribution in [0, 0.1) is 0 Å². The van der Waals surface area contributed by atoms with Gasteiger partial charge in [-0.1, -0.05) is 12.1 Å². The molecule has 3 heterocycles. The van der Waals surface area contributed by atoms with Crippen LogP contribution in [0.2, 0.25) is 0 Å². The number of fused-ring (bicyclic) bond motifs is 3. The van der Waals surface area contributed by atoms with E-state index in [2.05, 4.69) is 10.6 Å². The first-order valence-corrected chi connectivity index (χ1v) is 8.30. The minimum atomic E-state index is -0.00947. The Morgan fingerprint density at radius 2 is 2.04 bits per heavy atom. The monoisotopic (exact) mass is 350 g/mol. The maximum absolute atomic E-state index is 12.6. The van der Waals surface area contributed by atoms with Crippen LogP contribution in [0.3, 0.4) is 0 Å². The molecule has 4 rings (SSSR count). The molecule has 6 heteroatoms. The van der Waals surface area contributed by atoms with Crippen LogP contribution in [0.15, 0.2) is 23.8 Å². The van der Waals surface area contributed by atoms with Crippen molar-refractivity contribution in [1.82, 2.24) is 10.6 Å². The van der Waals surface area contributed by atoms with Crippen molar-refractivity contribution in [3.05, 3.63) is 29.3 Å². The van der Waals surface area contributed by atoms with Crippen molar-refractivity contribution in [2.45, 2.75) is 43.8 Å². The molecule has 3 aliphatic heterocycles. The van der Waals surface area contributed by atoms with Gasteiger partial charge in [0.15, 0.2) is 11.5 Å². The first kappa shape index (κ1) is 17.1. The van der Waals surface area contributed by atoms with E-state index in [4.69, 9.17) is 9.47 Å². The second-order valence-electron chi connectivity index (χ2n) is 6.62. The molecule has 0 radical (unpaired) electrons. The van der Waals surface area contributed by atoms with Crippen molar-refractivity contribution in [2.75, 3.05) is 13.7 Å². The highest BCUT2D eigenvalue weighted by Gasteiger charge is 2.34. The molecule has 2 atom stereocenters. The molecule has 0 aromatic heterocycles. The number of methoxy groups -OCH3 is 1. The zero-order valence-corrected chi connectivity index (χ0v) is 14.5. The number of ether oxygens (including phenoxy) is 2. The predicted molar refractivity (Wildman–Crippen MR) is 94.8 cm³/mol. The van der Waals surface area contributed by atoms with Gasteiger partial charge >= 0.3 is 0 Å². The number of hydrogen-bond acceptors (Lipinski definition) is 4. The summed E-state index contributed by atoms with van der Waals surface area (Å²) in [5.74, 6) is 1.41. The van der Waals surface area contributed by atoms with Crippen LogP contribution in [-0.2, 0) is 4.79 Å². The van der Waals surface area contributed by atoms with E-state index in [1.165, 1.54) is 12.8 Å². The summed E-state index contributed by atoms with van der Waals surface area (Å²) in [5, 5.41) is 6.78. The van der Waals surface area contributed by atoms with Crippen LogP contribution in [0.25, 0.3) is 6.08 Å². The van der Waals surface area contributed by atoms with E-state index in [1.807, 2.05) is 24.3 Å². The van der Waals surface area contributed by atoms with E-state index in [0.29, 0.717) is 29.2 Å². The Hall–Kier alpha value is -1.72. The minimum absolute atomic E-state index is 0. The summed E-state index contributed by atoms with van der Waals surface area (Å²) in [6.07, 6.45) is 6.43. The Morgan fingerprint density at radius 3 is 2.75 bits per heavy atom. The number of piperidine rings is 1. The van der Waals surface area contributed by atoms with Crippen molar-refractivity contribution in [3.8, 4) is 11.5 Å². The summed E-state index contributed by atoms with van der Waals surface area (Å²) < 4.78 is 11.1. The quantitative estimate of drug-likeness (QED) is 0.878. The van der Waals surface area contributed by atoms with Crippen LogP contribution >= 0.6 is 12.4 Å². The Kier molecular flexibility index (Phi) is 5.01. The maximum Gasteiger partial charge on any atom is 0.250 e. The molecule has 0 saturated carbocycles. The molecule has 3 aliphatic rings. The van der Waals surface area contributed by atoms with E-state index in [-0.39, 0.29) is 31.0 Å². The Morgan fingerprint density at radius 1 is 1.29 bits per heavy atom. The van der Waals surface area contributed by atoms with Gasteiger partial charge in [-0.15, -0.1) is 12.4 Å². The zero-order chi connectivity index (χ0) is 15.8. The molecule has 24 heavy (non-hydrogen) atoms. The fraction of sp³-hybridized carbons (Fsp3) is 0.500. The number of para-hydroxylation sites is 1. The topological polar surface area (TPSA) is 59.6 Å². The summed E-state index contributed by atoms with van der Waals surface area (Å²) in [4.78, 5) is 12.6. The number of benzene rings is 1. The van der Waals surface area contributed by atoms with Gasteiger partial charge in [0.2, 0.25) is 0 Å². The average Bonchev–Trinajstić information content (AvgIpc) is 2.92. The molecule has 2 saturated heterocycles. The lowest BCUT2D eigenvalue weighted by Gasteiger charge is -2.30. The van der Waals surface area contributed by atoms with Crippen molar-refractivity contribution in [3.63, 3.8) is 0 Å². The number of rotatable bonds is 3. The second kappa shape index (κ2) is 7.03. The third-order valence-corrected chi connectivity index (χ3v) is 5.03. The van der Waals surface area contributed by atoms with Crippen LogP contribution in [0.4, 0.5) is 0 Å². The summed E-state index contributed by atoms with van der Waals surface area (Å²) in [5.41, 5.74) is 1.57. The summed E-state index contributed by atoms with van der Waals surface area (Å²) >= 11 is 0. The van der Waals surface area contributed by atoms with Crippen molar-refractivity contribution < 1.29 is 14.3 Å². The summed E-state index contributed by atoms with van der Waals surface area (Å²) in [6.45, 7) is 0.289. The molecule has 0 spiro atoms. The molecule has 2 bridgehead atoms. The number of hydrogen-bond donors (Lipinski definition) is 2. The van der Waals surface area contributed by atoms with Gasteiger partial charge in [0.05, 0.1) is 12.7 Å². The molecule has 5 nitrogen and oxygen atoms in total. The number of carbonyl (C=O) groups is 1. The molecular formula is C18H23ClN2O3. The SMILES string of the molecule is COc1cccc2c1OCC(C(=O)NC1CC3CCC(C1)N3)=C2.Cl. The second-order valence-corrected chi connectivity index (χ2v) is 6.62. The first-order chi connectivity index (χ1) is 11.2. The summed E-state index contributed by atoms with van der Waals surface area (Å²) in [7, 11) is 1.62. The predicted octanol–water partition coefficient (Wildman–Crippen LogP) is 2.29. The van der Waals surface area contributed by atoms with Gasteiger partial charge in [0.1, 0.15) is 6.61 Å². The van der Waals surface area contributed by atoms with E-state index < -0.39 is 0 Å². The van der Waals surface area contributed by atoms with Gasteiger partial charge in [-0.05, 0) is 37.8 Å². The highest BCUT2D eigenvalue weighted by molar-refractivity contribution is 5.99. The highest BCUT2D eigenvalue weighted by atomic mass is 35.5. The molecule has 2 N–H and O–H groups in total. The third-order valence-electron chi connectivity index (χ3n) is 5.03. The van der Waals surface area contributed by atoms with Crippen molar-refractivity contribution in [2.24, 2.45) is 0 Å². The largest absolute Gasteiger partial charge is 0.493 e.